The van der Waals surface area contributed by atoms with Gasteiger partial charge in [-0.05, 0) is 65.8 Å². The molecule has 4 aromatic heterocycles. The molecule has 0 atom stereocenters. The number of ether oxygens (including phenoxy) is 2. The molecule has 264 valence electrons. The van der Waals surface area contributed by atoms with E-state index in [1.54, 1.807) is 19.5 Å². The molecule has 0 aliphatic heterocycles. The maximum Gasteiger partial charge on any atom is 0.226 e. The van der Waals surface area contributed by atoms with Crippen molar-refractivity contribution in [1.82, 2.24) is 19.5 Å². The lowest BCUT2D eigenvalue weighted by atomic mass is 9.83. The molecule has 8 nitrogen and oxygen atoms in total. The summed E-state index contributed by atoms with van der Waals surface area (Å²) < 4.78 is 14.0. The number of anilines is 1. The highest BCUT2D eigenvalue weighted by molar-refractivity contribution is 8.00. The van der Waals surface area contributed by atoms with Crippen LogP contribution in [-0.4, -0.2) is 37.3 Å². The SMILES string of the molecule is COc1ccc(-c2ccc(Cn3c(CC(C)(C)CCC(=O)Nc4nccs4)c(SC(C)(C)C)c4cc(OCc5ccccn5)ccc43)cc2)cn1. The van der Waals surface area contributed by atoms with Crippen molar-refractivity contribution in [2.75, 3.05) is 12.4 Å². The van der Waals surface area contributed by atoms with Gasteiger partial charge in [-0.1, -0.05) is 65.0 Å². The van der Waals surface area contributed by atoms with E-state index in [-0.39, 0.29) is 16.1 Å². The van der Waals surface area contributed by atoms with E-state index in [4.69, 9.17) is 9.47 Å². The van der Waals surface area contributed by atoms with E-state index in [2.05, 4.69) is 102 Å². The van der Waals surface area contributed by atoms with Gasteiger partial charge >= 0.3 is 0 Å². The zero-order valence-electron chi connectivity index (χ0n) is 30.1. The number of nitrogens with zero attached hydrogens (tertiary/aromatic N) is 4. The molecule has 0 spiro atoms. The molecule has 0 fully saturated rings. The highest BCUT2D eigenvalue weighted by Gasteiger charge is 2.29. The molecule has 0 radical (unpaired) electrons. The summed E-state index contributed by atoms with van der Waals surface area (Å²) in [4.78, 5) is 27.2. The van der Waals surface area contributed by atoms with E-state index < -0.39 is 0 Å². The summed E-state index contributed by atoms with van der Waals surface area (Å²) >= 11 is 3.32. The Morgan fingerprint density at radius 3 is 2.39 bits per heavy atom. The summed E-state index contributed by atoms with van der Waals surface area (Å²) in [6, 6.07) is 24.9. The van der Waals surface area contributed by atoms with Gasteiger partial charge in [0.1, 0.15) is 12.4 Å². The van der Waals surface area contributed by atoms with Crippen LogP contribution in [0.15, 0.2) is 102 Å². The lowest BCUT2D eigenvalue weighted by molar-refractivity contribution is -0.116. The maximum atomic E-state index is 12.9. The van der Waals surface area contributed by atoms with Crippen molar-refractivity contribution in [3.05, 3.63) is 114 Å². The van der Waals surface area contributed by atoms with Crippen LogP contribution < -0.4 is 14.8 Å². The molecule has 0 unspecified atom stereocenters. The fraction of sp³-hybridized carbons (Fsp3) is 0.317. The van der Waals surface area contributed by atoms with Crippen LogP contribution in [0.5, 0.6) is 11.6 Å². The van der Waals surface area contributed by atoms with Crippen LogP contribution in [-0.2, 0) is 24.4 Å². The molecule has 0 saturated heterocycles. The Morgan fingerprint density at radius 1 is 0.922 bits per heavy atom. The maximum absolute atomic E-state index is 12.9. The molecule has 10 heteroatoms. The highest BCUT2D eigenvalue weighted by Crippen LogP contribution is 2.45. The molecule has 2 aromatic carbocycles. The van der Waals surface area contributed by atoms with Crippen molar-refractivity contribution in [1.29, 1.82) is 0 Å². The van der Waals surface area contributed by atoms with Gasteiger partial charge in [0.15, 0.2) is 5.13 Å². The average Bonchev–Trinajstić information content (AvgIpc) is 3.72. The largest absolute Gasteiger partial charge is 0.487 e. The number of thioether (sulfide) groups is 1. The number of rotatable bonds is 14. The Balaban J connectivity index is 1.35. The topological polar surface area (TPSA) is 91.2 Å². The van der Waals surface area contributed by atoms with Gasteiger partial charge in [0.25, 0.3) is 0 Å². The Labute approximate surface area is 308 Å². The van der Waals surface area contributed by atoms with Crippen LogP contribution in [0.3, 0.4) is 0 Å². The van der Waals surface area contributed by atoms with Gasteiger partial charge in [0, 0.05) is 74.8 Å². The summed E-state index contributed by atoms with van der Waals surface area (Å²) in [5.41, 5.74) is 6.47. The van der Waals surface area contributed by atoms with Crippen molar-refractivity contribution in [2.45, 2.75) is 76.7 Å². The molecule has 51 heavy (non-hydrogen) atoms. The molecular formula is C41H45N5O3S2. The molecule has 6 aromatic rings. The fourth-order valence-corrected chi connectivity index (χ4v) is 7.71. The van der Waals surface area contributed by atoms with Crippen molar-refractivity contribution < 1.29 is 14.3 Å². The summed E-state index contributed by atoms with van der Waals surface area (Å²) in [5.74, 6) is 1.40. The van der Waals surface area contributed by atoms with Crippen molar-refractivity contribution >= 4 is 45.0 Å². The van der Waals surface area contributed by atoms with Crippen LogP contribution >= 0.6 is 23.1 Å². The Morgan fingerprint density at radius 2 is 1.73 bits per heavy atom. The third-order valence-corrected chi connectivity index (χ3v) is 10.5. The molecular weight excluding hydrogens is 675 g/mol. The molecule has 1 amide bonds. The molecule has 4 heterocycles. The number of fused-ring (bicyclic) bond motifs is 1. The van der Waals surface area contributed by atoms with Crippen LogP contribution in [0.1, 0.15) is 64.4 Å². The van der Waals surface area contributed by atoms with E-state index in [1.807, 2.05) is 53.7 Å². The number of aromatic nitrogens is 4. The molecule has 0 aliphatic carbocycles. The standard InChI is InChI=1S/C41H45N5O3S2/c1-40(2,3)51-38-33-23-32(49-27-31-9-7-8-20-42-31)15-16-34(33)46(26-28-10-12-29(13-11-28)30-14-17-37(48-6)44-25-30)35(38)24-41(4,5)19-18-36(47)45-39-43-21-22-50-39/h7-17,20-23,25H,18-19,24,26-27H2,1-6H3,(H,43,45,47). The lowest BCUT2D eigenvalue weighted by Gasteiger charge is -2.27. The Hall–Kier alpha value is -4.67. The number of benzene rings is 2. The van der Waals surface area contributed by atoms with E-state index >= 15 is 0 Å². The fourth-order valence-electron chi connectivity index (χ4n) is 5.98. The van der Waals surface area contributed by atoms with Crippen LogP contribution in [0, 0.1) is 5.41 Å². The van der Waals surface area contributed by atoms with E-state index in [9.17, 15) is 4.79 Å². The number of methoxy groups -OCH3 is 1. The summed E-state index contributed by atoms with van der Waals surface area (Å²) in [7, 11) is 1.62. The van der Waals surface area contributed by atoms with Gasteiger partial charge in [-0.25, -0.2) is 9.97 Å². The number of pyridine rings is 2. The molecule has 0 aliphatic rings. The van der Waals surface area contributed by atoms with Crippen LogP contribution in [0.2, 0.25) is 0 Å². The summed E-state index contributed by atoms with van der Waals surface area (Å²) in [5, 5.41) is 6.62. The van der Waals surface area contributed by atoms with E-state index in [1.165, 1.54) is 32.9 Å². The number of hydrogen-bond acceptors (Lipinski definition) is 8. The Bertz CT molecular complexity index is 2050. The minimum Gasteiger partial charge on any atom is -0.487 e. The van der Waals surface area contributed by atoms with Gasteiger partial charge in [-0.2, -0.15) is 0 Å². The highest BCUT2D eigenvalue weighted by atomic mass is 32.2. The first-order valence-electron chi connectivity index (χ1n) is 17.1. The zero-order valence-corrected chi connectivity index (χ0v) is 31.7. The molecule has 1 N–H and O–H groups in total. The summed E-state index contributed by atoms with van der Waals surface area (Å²) in [6.07, 6.45) is 7.28. The van der Waals surface area contributed by atoms with Crippen molar-refractivity contribution in [2.24, 2.45) is 5.41 Å². The smallest absolute Gasteiger partial charge is 0.226 e. The zero-order chi connectivity index (χ0) is 36.0. The van der Waals surface area contributed by atoms with Gasteiger partial charge in [0.05, 0.1) is 12.8 Å². The number of thiazole rings is 1. The van der Waals surface area contributed by atoms with E-state index in [0.717, 1.165) is 40.9 Å². The first kappa shape index (κ1) is 36.1. The van der Waals surface area contributed by atoms with E-state index in [0.29, 0.717) is 30.6 Å². The van der Waals surface area contributed by atoms with Gasteiger partial charge in [-0.15, -0.1) is 23.1 Å². The predicted octanol–water partition coefficient (Wildman–Crippen LogP) is 10.1. The van der Waals surface area contributed by atoms with Crippen molar-refractivity contribution in [3.8, 4) is 22.8 Å². The number of carbonyl (C=O) groups excluding carboxylic acids is 1. The van der Waals surface area contributed by atoms with Gasteiger partial charge in [0.2, 0.25) is 11.8 Å². The van der Waals surface area contributed by atoms with Gasteiger partial charge < -0.3 is 19.4 Å². The predicted molar refractivity (Wildman–Crippen MR) is 209 cm³/mol. The minimum atomic E-state index is -0.164. The molecule has 6 rings (SSSR count). The normalized spacial score (nSPS) is 11.9. The molecule has 0 saturated carbocycles. The van der Waals surface area contributed by atoms with Gasteiger partial charge in [-0.3, -0.25) is 9.78 Å². The van der Waals surface area contributed by atoms with Crippen LogP contribution in [0.4, 0.5) is 5.13 Å². The number of nitrogens with one attached hydrogen (secondary N) is 1. The van der Waals surface area contributed by atoms with Crippen molar-refractivity contribution in [3.63, 3.8) is 0 Å². The average molecular weight is 720 g/mol. The first-order valence-corrected chi connectivity index (χ1v) is 18.8. The van der Waals surface area contributed by atoms with Crippen LogP contribution in [0.25, 0.3) is 22.0 Å². The quantitative estimate of drug-likeness (QED) is 0.112. The number of hydrogen-bond donors (Lipinski definition) is 1. The Kier molecular flexibility index (Phi) is 11.1. The lowest BCUT2D eigenvalue weighted by Crippen LogP contribution is -2.22. The second-order valence-corrected chi connectivity index (χ2v) is 17.1. The molecule has 0 bridgehead atoms. The summed E-state index contributed by atoms with van der Waals surface area (Å²) in [6.45, 7) is 12.4. The third-order valence-electron chi connectivity index (χ3n) is 8.54. The second-order valence-electron chi connectivity index (χ2n) is 14.4. The first-order chi connectivity index (χ1) is 24.5. The third kappa shape index (κ3) is 9.56. The second kappa shape index (κ2) is 15.7. The minimum absolute atomic E-state index is 0.00953. The number of carbonyl (C=O) groups is 1. The monoisotopic (exact) mass is 719 g/mol. The number of amides is 1.